The molecule has 2 rings (SSSR count). The molecule has 1 aromatic carbocycles. The van der Waals surface area contributed by atoms with Crippen LogP contribution in [0.3, 0.4) is 0 Å². The van der Waals surface area contributed by atoms with Gasteiger partial charge in [-0.2, -0.15) is 0 Å². The van der Waals surface area contributed by atoms with Gasteiger partial charge in [-0.25, -0.2) is 10.3 Å². The van der Waals surface area contributed by atoms with Gasteiger partial charge in [0.2, 0.25) is 0 Å². The zero-order valence-electron chi connectivity index (χ0n) is 11.3. The van der Waals surface area contributed by atoms with Gasteiger partial charge >= 0.3 is 5.97 Å². The number of benzene rings is 1. The number of ether oxygens (including phenoxy) is 1. The first kappa shape index (κ1) is 13.2. The summed E-state index contributed by atoms with van der Waals surface area (Å²) in [5.74, 6) is 0.356. The zero-order valence-corrected chi connectivity index (χ0v) is 11.3. The molecule has 0 radical (unpaired) electrons. The molecule has 0 unspecified atom stereocenters. The van der Waals surface area contributed by atoms with E-state index >= 15 is 0 Å². The van der Waals surface area contributed by atoms with Gasteiger partial charge in [-0.15, -0.1) is 0 Å². The Labute approximate surface area is 112 Å². The molecule has 0 aromatic heterocycles. The number of carbonyl (C=O) groups is 1. The Kier molecular flexibility index (Phi) is 3.60. The standard InChI is InChI=1S/C15H17NO3/c1-11(14-15(2,3)18-14)16-19-13(17)10-9-12-7-5-4-6-8-12/h4-10,16H,1-3H3/b10-9+,14-11+. The molecule has 1 aromatic rings. The minimum absolute atomic E-state index is 0.247. The highest BCUT2D eigenvalue weighted by molar-refractivity contribution is 5.86. The molecule has 0 atom stereocenters. The first-order valence-corrected chi connectivity index (χ1v) is 6.09. The van der Waals surface area contributed by atoms with Gasteiger partial charge in [-0.05, 0) is 32.4 Å². The maximum absolute atomic E-state index is 11.5. The van der Waals surface area contributed by atoms with Crippen molar-refractivity contribution in [3.63, 3.8) is 0 Å². The quantitative estimate of drug-likeness (QED) is 0.513. The van der Waals surface area contributed by atoms with Gasteiger partial charge in [0.15, 0.2) is 11.4 Å². The van der Waals surface area contributed by atoms with Crippen LogP contribution in [0, 0.1) is 0 Å². The van der Waals surface area contributed by atoms with Gasteiger partial charge in [-0.3, -0.25) is 0 Å². The van der Waals surface area contributed by atoms with Crippen molar-refractivity contribution < 1.29 is 14.4 Å². The van der Waals surface area contributed by atoms with Gasteiger partial charge in [0.05, 0.1) is 5.70 Å². The molecule has 1 aliphatic rings. The molecule has 0 spiro atoms. The van der Waals surface area contributed by atoms with E-state index in [1.54, 1.807) is 13.0 Å². The fraction of sp³-hybridized carbons (Fsp3) is 0.267. The number of nitrogens with one attached hydrogen (secondary N) is 1. The average molecular weight is 259 g/mol. The number of carbonyl (C=O) groups excluding carboxylic acids is 1. The lowest BCUT2D eigenvalue weighted by Gasteiger charge is -2.02. The van der Waals surface area contributed by atoms with Crippen LogP contribution in [0.2, 0.25) is 0 Å². The summed E-state index contributed by atoms with van der Waals surface area (Å²) in [4.78, 5) is 16.4. The third-order valence-corrected chi connectivity index (χ3v) is 2.72. The van der Waals surface area contributed by atoms with Crippen molar-refractivity contribution in [2.45, 2.75) is 26.4 Å². The van der Waals surface area contributed by atoms with E-state index in [2.05, 4.69) is 5.48 Å². The highest BCUT2D eigenvalue weighted by Gasteiger charge is 2.45. The second-order valence-corrected chi connectivity index (χ2v) is 4.83. The number of allylic oxidation sites excluding steroid dienone is 1. The lowest BCUT2D eigenvalue weighted by Crippen LogP contribution is -2.17. The van der Waals surface area contributed by atoms with Crippen molar-refractivity contribution in [1.82, 2.24) is 5.48 Å². The summed E-state index contributed by atoms with van der Waals surface area (Å²) in [7, 11) is 0. The Morgan fingerprint density at radius 1 is 1.32 bits per heavy atom. The van der Waals surface area contributed by atoms with Crippen LogP contribution >= 0.6 is 0 Å². The molecule has 1 saturated heterocycles. The van der Waals surface area contributed by atoms with Crippen molar-refractivity contribution in [2.75, 3.05) is 0 Å². The predicted molar refractivity (Wildman–Crippen MR) is 72.6 cm³/mol. The number of epoxide rings is 1. The highest BCUT2D eigenvalue weighted by Crippen LogP contribution is 2.41. The molecule has 0 saturated carbocycles. The van der Waals surface area contributed by atoms with Crippen LogP contribution in [-0.4, -0.2) is 11.6 Å². The van der Waals surface area contributed by atoms with E-state index < -0.39 is 5.97 Å². The van der Waals surface area contributed by atoms with Gasteiger partial charge in [0, 0.05) is 6.08 Å². The highest BCUT2D eigenvalue weighted by atomic mass is 16.7. The Bertz CT molecular complexity index is 530. The van der Waals surface area contributed by atoms with Gasteiger partial charge in [-0.1, -0.05) is 30.3 Å². The minimum atomic E-state index is -0.456. The third kappa shape index (κ3) is 3.61. The first-order chi connectivity index (χ1) is 8.99. The Morgan fingerprint density at radius 3 is 2.53 bits per heavy atom. The second kappa shape index (κ2) is 5.18. The number of hydrogen-bond donors (Lipinski definition) is 1. The average Bonchev–Trinajstić information content (AvgIpc) is 3.04. The number of rotatable bonds is 4. The summed E-state index contributed by atoms with van der Waals surface area (Å²) in [5.41, 5.74) is 4.00. The van der Waals surface area contributed by atoms with E-state index in [1.165, 1.54) is 6.08 Å². The maximum atomic E-state index is 11.5. The van der Waals surface area contributed by atoms with Crippen molar-refractivity contribution in [2.24, 2.45) is 0 Å². The van der Waals surface area contributed by atoms with Crippen molar-refractivity contribution >= 4 is 12.0 Å². The van der Waals surface area contributed by atoms with Crippen LogP contribution in [0.5, 0.6) is 0 Å². The Hall–Kier alpha value is -2.23. The molecule has 1 fully saturated rings. The minimum Gasteiger partial charge on any atom is -0.478 e. The summed E-state index contributed by atoms with van der Waals surface area (Å²) in [5, 5.41) is 0. The van der Waals surface area contributed by atoms with Crippen LogP contribution in [0.25, 0.3) is 6.08 Å². The number of hydroxylamine groups is 1. The maximum Gasteiger partial charge on any atom is 0.355 e. The van der Waals surface area contributed by atoms with Gasteiger partial charge in [0.25, 0.3) is 0 Å². The van der Waals surface area contributed by atoms with Crippen molar-refractivity contribution in [3.05, 3.63) is 53.4 Å². The molecule has 1 heterocycles. The van der Waals surface area contributed by atoms with Gasteiger partial charge in [0.1, 0.15) is 0 Å². The third-order valence-electron chi connectivity index (χ3n) is 2.72. The van der Waals surface area contributed by atoms with Crippen LogP contribution < -0.4 is 5.48 Å². The van der Waals surface area contributed by atoms with Crippen LogP contribution in [0.4, 0.5) is 0 Å². The monoisotopic (exact) mass is 259 g/mol. The molecule has 0 bridgehead atoms. The zero-order chi connectivity index (χ0) is 13.9. The number of hydrogen-bond acceptors (Lipinski definition) is 4. The van der Waals surface area contributed by atoms with E-state index in [0.717, 1.165) is 11.3 Å². The smallest absolute Gasteiger partial charge is 0.355 e. The van der Waals surface area contributed by atoms with E-state index in [4.69, 9.17) is 9.57 Å². The Morgan fingerprint density at radius 2 is 1.95 bits per heavy atom. The van der Waals surface area contributed by atoms with Crippen LogP contribution in [0.15, 0.2) is 47.9 Å². The fourth-order valence-electron chi connectivity index (χ4n) is 1.69. The molecule has 19 heavy (non-hydrogen) atoms. The summed E-state index contributed by atoms with van der Waals surface area (Å²) < 4.78 is 5.34. The first-order valence-electron chi connectivity index (χ1n) is 6.09. The predicted octanol–water partition coefficient (Wildman–Crippen LogP) is 2.79. The molecule has 1 aliphatic heterocycles. The van der Waals surface area contributed by atoms with E-state index in [1.807, 2.05) is 44.2 Å². The second-order valence-electron chi connectivity index (χ2n) is 4.83. The molecule has 1 N–H and O–H groups in total. The van der Waals surface area contributed by atoms with Crippen molar-refractivity contribution in [3.8, 4) is 0 Å². The molecular formula is C15H17NO3. The van der Waals surface area contributed by atoms with E-state index in [9.17, 15) is 4.79 Å². The van der Waals surface area contributed by atoms with Gasteiger partial charge < -0.3 is 9.57 Å². The topological polar surface area (TPSA) is 50.9 Å². The summed E-state index contributed by atoms with van der Waals surface area (Å²) in [6.07, 6.45) is 3.07. The Balaban J connectivity index is 1.83. The largest absolute Gasteiger partial charge is 0.478 e. The van der Waals surface area contributed by atoms with Crippen molar-refractivity contribution in [1.29, 1.82) is 0 Å². The van der Waals surface area contributed by atoms with Crippen LogP contribution in [0.1, 0.15) is 26.3 Å². The van der Waals surface area contributed by atoms with E-state index in [-0.39, 0.29) is 5.60 Å². The molecule has 0 aliphatic carbocycles. The normalized spacial score (nSPS) is 18.7. The lowest BCUT2D eigenvalue weighted by molar-refractivity contribution is -0.143. The molecule has 4 heteroatoms. The molecule has 0 amide bonds. The molecular weight excluding hydrogens is 242 g/mol. The van der Waals surface area contributed by atoms with E-state index in [0.29, 0.717) is 5.70 Å². The molecule has 4 nitrogen and oxygen atoms in total. The summed E-state index contributed by atoms with van der Waals surface area (Å²) in [6.45, 7) is 5.70. The lowest BCUT2D eigenvalue weighted by atomic mass is 10.2. The van der Waals surface area contributed by atoms with Crippen LogP contribution in [-0.2, 0) is 14.4 Å². The SMILES string of the molecule is C/C(NOC(=O)/C=C/c1ccccc1)=C1\OC1(C)C. The fourth-order valence-corrected chi connectivity index (χ4v) is 1.69. The summed E-state index contributed by atoms with van der Waals surface area (Å²) >= 11 is 0. The molecule has 100 valence electrons. The summed E-state index contributed by atoms with van der Waals surface area (Å²) in [6, 6.07) is 9.55.